The molecular weight excluding hydrogens is 681 g/mol. The van der Waals surface area contributed by atoms with Crippen molar-refractivity contribution in [1.82, 2.24) is 0 Å². The zero-order valence-corrected chi connectivity index (χ0v) is 28.1. The van der Waals surface area contributed by atoms with Crippen molar-refractivity contribution in [2.45, 2.75) is 25.7 Å². The lowest BCUT2D eigenvalue weighted by atomic mass is 9.74. The summed E-state index contributed by atoms with van der Waals surface area (Å²) in [5.74, 6) is -1.35. The number of hydrogen-bond acceptors (Lipinski definition) is 7. The van der Waals surface area contributed by atoms with Gasteiger partial charge in [-0.05, 0) is 35.2 Å². The standard InChI is InChI=1S/C36H26N4O8S2/c1-3-36(2,22-14-12-21(13-15-22)31-32(40-38)34(42)27-10-6-7-11-28(27)35(31)49(43,44)45)23-16-18-24(19-17-23)48-50(46,47)30-20-29(39-37)33(41)26-9-5-4-8-25(26)30/h4-20H,3H2,1-2H3,(H,43,44,45). The van der Waals surface area contributed by atoms with E-state index in [0.29, 0.717) is 6.42 Å². The molecule has 0 fully saturated rings. The Morgan fingerprint density at radius 2 is 1.24 bits per heavy atom. The van der Waals surface area contributed by atoms with Crippen LogP contribution in [0.2, 0.25) is 0 Å². The molecule has 0 saturated carbocycles. The van der Waals surface area contributed by atoms with Gasteiger partial charge < -0.3 is 15.2 Å². The fraction of sp³-hybridized carbons (Fsp3) is 0.111. The predicted molar refractivity (Wildman–Crippen MR) is 184 cm³/mol. The number of nitrogens with zero attached hydrogens (tertiary/aromatic N) is 4. The molecule has 1 atom stereocenters. The summed E-state index contributed by atoms with van der Waals surface area (Å²) < 4.78 is 67.7. The topological polar surface area (TPSA) is 205 Å². The van der Waals surface area contributed by atoms with E-state index < -0.39 is 53.5 Å². The molecule has 4 aromatic rings. The summed E-state index contributed by atoms with van der Waals surface area (Å²) in [5.41, 5.74) is 19.1. The first-order valence-electron chi connectivity index (χ1n) is 15.1. The maximum atomic E-state index is 13.4. The van der Waals surface area contributed by atoms with E-state index in [0.717, 1.165) is 17.2 Å². The molecule has 0 amide bonds. The van der Waals surface area contributed by atoms with Crippen LogP contribution in [0.15, 0.2) is 103 Å². The van der Waals surface area contributed by atoms with Gasteiger partial charge >= 0.3 is 21.5 Å². The Bertz CT molecular complexity index is 2530. The molecule has 6 rings (SSSR count). The molecule has 0 saturated heterocycles. The fourth-order valence-electron chi connectivity index (χ4n) is 6.21. The van der Waals surface area contributed by atoms with Crippen LogP contribution >= 0.6 is 0 Å². The molecule has 1 N–H and O–H groups in total. The number of carbonyl (C=O) groups is 2. The Morgan fingerprint density at radius 1 is 0.720 bits per heavy atom. The van der Waals surface area contributed by atoms with Gasteiger partial charge in [-0.1, -0.05) is 98.8 Å². The SMILES string of the molecule is CCC(C)(c1ccc(OS(=O)(=O)C2=CC(=[N+]=[N-])C(=O)c3ccccc32)cc1)c1ccc(C2=C(S(=O)(=O)O)c3ccccc3C(=O)C2=[N+]=[N-])cc1. The molecular formula is C36H26N4O8S2. The second-order valence-corrected chi connectivity index (χ2v) is 14.6. The minimum absolute atomic E-state index is 0.0111. The quantitative estimate of drug-likeness (QED) is 0.105. The van der Waals surface area contributed by atoms with Crippen LogP contribution in [-0.2, 0) is 25.7 Å². The van der Waals surface area contributed by atoms with Crippen molar-refractivity contribution in [2.75, 3.05) is 0 Å². The van der Waals surface area contributed by atoms with Gasteiger partial charge in [0.25, 0.3) is 21.7 Å². The number of rotatable bonds is 8. The Balaban J connectivity index is 1.34. The highest BCUT2D eigenvalue weighted by Gasteiger charge is 2.42. The van der Waals surface area contributed by atoms with Gasteiger partial charge in [-0.3, -0.25) is 14.1 Å². The summed E-state index contributed by atoms with van der Waals surface area (Å²) in [6, 6.07) is 24.7. The number of allylic oxidation sites excluding steroid dienone is 2. The minimum atomic E-state index is -4.89. The third-order valence-electron chi connectivity index (χ3n) is 8.98. The molecule has 2 aliphatic carbocycles. The van der Waals surface area contributed by atoms with E-state index in [1.165, 1.54) is 48.5 Å². The molecule has 1 unspecified atom stereocenters. The molecule has 12 nitrogen and oxygen atoms in total. The summed E-state index contributed by atoms with van der Waals surface area (Å²) in [6.07, 6.45) is 1.53. The largest absolute Gasteiger partial charge is 0.379 e. The maximum Gasteiger partial charge on any atom is 0.371 e. The molecule has 4 aromatic carbocycles. The van der Waals surface area contributed by atoms with Gasteiger partial charge in [0.1, 0.15) is 15.6 Å². The van der Waals surface area contributed by atoms with Gasteiger partial charge in [-0.25, -0.2) is 0 Å². The molecule has 0 heterocycles. The average Bonchev–Trinajstić information content (AvgIpc) is 3.11. The van der Waals surface area contributed by atoms with Gasteiger partial charge in [-0.2, -0.15) is 26.4 Å². The second-order valence-electron chi connectivity index (χ2n) is 11.7. The van der Waals surface area contributed by atoms with E-state index in [1.807, 2.05) is 13.8 Å². The van der Waals surface area contributed by atoms with Crippen molar-refractivity contribution >= 4 is 58.6 Å². The van der Waals surface area contributed by atoms with E-state index in [-0.39, 0.29) is 44.0 Å². The maximum absolute atomic E-state index is 13.4. The third kappa shape index (κ3) is 5.67. The number of benzene rings is 4. The van der Waals surface area contributed by atoms with Crippen molar-refractivity contribution < 1.29 is 44.7 Å². The zero-order valence-electron chi connectivity index (χ0n) is 26.4. The lowest BCUT2D eigenvalue weighted by Gasteiger charge is -2.30. The molecule has 0 spiro atoms. The first kappa shape index (κ1) is 34.0. The second kappa shape index (κ2) is 12.5. The third-order valence-corrected chi connectivity index (χ3v) is 11.2. The van der Waals surface area contributed by atoms with Crippen molar-refractivity contribution in [3.63, 3.8) is 0 Å². The molecule has 0 radical (unpaired) electrons. The minimum Gasteiger partial charge on any atom is -0.379 e. The monoisotopic (exact) mass is 706 g/mol. The zero-order chi connectivity index (χ0) is 36.0. The summed E-state index contributed by atoms with van der Waals surface area (Å²) in [6.45, 7) is 3.90. The number of carbonyl (C=O) groups excluding carboxylic acids is 2. The Labute approximate surface area is 287 Å². The number of fused-ring (bicyclic) bond motifs is 2. The number of ketones is 2. The normalized spacial score (nSPS) is 15.7. The van der Waals surface area contributed by atoms with Gasteiger partial charge in [0, 0.05) is 27.7 Å². The van der Waals surface area contributed by atoms with Crippen molar-refractivity contribution in [1.29, 1.82) is 0 Å². The number of Topliss-reactive ketones (excluding diaryl/α,β-unsaturated/α-hetero) is 2. The average molecular weight is 707 g/mol. The van der Waals surface area contributed by atoms with Gasteiger partial charge in [0.2, 0.25) is 0 Å². The van der Waals surface area contributed by atoms with Crippen LogP contribution in [0.5, 0.6) is 5.75 Å². The lowest BCUT2D eigenvalue weighted by Crippen LogP contribution is -2.27. The molecule has 0 aliphatic heterocycles. The van der Waals surface area contributed by atoms with Crippen molar-refractivity contribution in [2.24, 2.45) is 0 Å². The van der Waals surface area contributed by atoms with Crippen LogP contribution < -0.4 is 4.18 Å². The van der Waals surface area contributed by atoms with Crippen LogP contribution in [0.3, 0.4) is 0 Å². The highest BCUT2D eigenvalue weighted by molar-refractivity contribution is 7.96. The van der Waals surface area contributed by atoms with Crippen LogP contribution in [0.1, 0.15) is 68.8 Å². The van der Waals surface area contributed by atoms with E-state index in [2.05, 4.69) is 9.58 Å². The molecule has 0 aromatic heterocycles. The molecule has 2 aliphatic rings. The lowest BCUT2D eigenvalue weighted by molar-refractivity contribution is -0.00443. The smallest absolute Gasteiger partial charge is 0.371 e. The molecule has 50 heavy (non-hydrogen) atoms. The van der Waals surface area contributed by atoms with Crippen LogP contribution in [0, 0.1) is 0 Å². The van der Waals surface area contributed by atoms with Gasteiger partial charge in [0.05, 0.1) is 11.6 Å². The van der Waals surface area contributed by atoms with E-state index in [1.54, 1.807) is 48.5 Å². The van der Waals surface area contributed by atoms with Crippen molar-refractivity contribution in [3.8, 4) is 5.75 Å². The first-order valence-corrected chi connectivity index (χ1v) is 17.9. The molecule has 0 bridgehead atoms. The predicted octanol–water partition coefficient (Wildman–Crippen LogP) is 5.64. The van der Waals surface area contributed by atoms with Gasteiger partial charge in [0.15, 0.2) is 0 Å². The molecule has 250 valence electrons. The Kier molecular flexibility index (Phi) is 8.52. The van der Waals surface area contributed by atoms with Gasteiger partial charge in [-0.15, -0.1) is 0 Å². The highest BCUT2D eigenvalue weighted by Crippen LogP contribution is 2.41. The van der Waals surface area contributed by atoms with Crippen molar-refractivity contribution in [3.05, 3.63) is 153 Å². The summed E-state index contributed by atoms with van der Waals surface area (Å²) in [5, 5.41) is 0. The summed E-state index contributed by atoms with van der Waals surface area (Å²) in [4.78, 5) is 30.9. The summed E-state index contributed by atoms with van der Waals surface area (Å²) in [7, 11) is -9.37. The van der Waals surface area contributed by atoms with Crippen LogP contribution in [0.4, 0.5) is 0 Å². The van der Waals surface area contributed by atoms with E-state index >= 15 is 0 Å². The molecule has 14 heteroatoms. The fourth-order valence-corrected chi connectivity index (χ4v) is 8.29. The van der Waals surface area contributed by atoms with Crippen LogP contribution in [0.25, 0.3) is 26.4 Å². The highest BCUT2D eigenvalue weighted by atomic mass is 32.2. The Hall–Kier alpha value is -5.88. The van der Waals surface area contributed by atoms with E-state index in [4.69, 9.17) is 4.18 Å². The summed E-state index contributed by atoms with van der Waals surface area (Å²) >= 11 is 0. The van der Waals surface area contributed by atoms with Crippen LogP contribution in [-0.4, -0.2) is 54.0 Å². The number of hydrogen-bond donors (Lipinski definition) is 1. The van der Waals surface area contributed by atoms with E-state index in [9.17, 15) is 42.0 Å². The Morgan fingerprint density at radius 3 is 1.76 bits per heavy atom. The first-order chi connectivity index (χ1) is 23.7.